The second kappa shape index (κ2) is 11.1. The van der Waals surface area contributed by atoms with Crippen LogP contribution in [-0.4, -0.2) is 78.5 Å². The van der Waals surface area contributed by atoms with Crippen molar-refractivity contribution in [3.05, 3.63) is 82.6 Å². The van der Waals surface area contributed by atoms with Crippen LogP contribution in [0, 0.1) is 11.6 Å². The number of nitrogens with zero attached hydrogens (tertiary/aromatic N) is 3. The van der Waals surface area contributed by atoms with E-state index in [9.17, 15) is 23.2 Å². The van der Waals surface area contributed by atoms with E-state index in [-0.39, 0.29) is 36.2 Å². The van der Waals surface area contributed by atoms with Crippen LogP contribution in [0.15, 0.2) is 59.8 Å². The molecule has 0 aromatic heterocycles. The number of benzene rings is 2. The number of esters is 1. The Bertz CT molecular complexity index is 1220. The number of rotatable bonds is 6. The van der Waals surface area contributed by atoms with Crippen molar-refractivity contribution >= 4 is 17.9 Å². The molecule has 2 aromatic rings. The summed E-state index contributed by atoms with van der Waals surface area (Å²) < 4.78 is 33.3. The van der Waals surface area contributed by atoms with Gasteiger partial charge in [0.25, 0.3) is 5.91 Å². The van der Waals surface area contributed by atoms with Crippen molar-refractivity contribution < 1.29 is 27.9 Å². The molecule has 0 bridgehead atoms. The van der Waals surface area contributed by atoms with Crippen molar-refractivity contribution in [3.8, 4) is 0 Å². The Morgan fingerprint density at radius 1 is 1.08 bits per heavy atom. The lowest BCUT2D eigenvalue weighted by molar-refractivity contribution is -0.139. The van der Waals surface area contributed by atoms with Gasteiger partial charge in [-0.1, -0.05) is 18.2 Å². The second-order valence-corrected chi connectivity index (χ2v) is 9.13. The fraction of sp³-hybridized carbons (Fsp3) is 0.370. The van der Waals surface area contributed by atoms with E-state index >= 15 is 0 Å². The third-order valence-electron chi connectivity index (χ3n) is 6.73. The summed E-state index contributed by atoms with van der Waals surface area (Å²) in [6, 6.07) is 9.79. The maximum Gasteiger partial charge on any atom is 0.338 e. The lowest BCUT2D eigenvalue weighted by Gasteiger charge is -2.42. The van der Waals surface area contributed by atoms with E-state index in [0.29, 0.717) is 30.9 Å². The van der Waals surface area contributed by atoms with Gasteiger partial charge in [-0.25, -0.2) is 18.4 Å². The number of ether oxygens (including phenoxy) is 1. The Hall–Kier alpha value is -3.79. The van der Waals surface area contributed by atoms with E-state index in [2.05, 4.69) is 5.32 Å². The molecular formula is C27H30F2N4O4. The van der Waals surface area contributed by atoms with Gasteiger partial charge in [-0.15, -0.1) is 0 Å². The minimum atomic E-state index is -1.00. The largest absolute Gasteiger partial charge is 0.463 e. The van der Waals surface area contributed by atoms with E-state index < -0.39 is 29.7 Å². The van der Waals surface area contributed by atoms with Gasteiger partial charge < -0.3 is 15.0 Å². The van der Waals surface area contributed by atoms with Crippen molar-refractivity contribution in [2.45, 2.75) is 25.9 Å². The first-order chi connectivity index (χ1) is 17.7. The standard InChI is InChI=1S/C27H30F2N4O4/c1-4-37-26(35)23-22(31(3)27(36)30-24(23)20-7-5-6-8-21(20)29)16-32-13-14-33(17(2)15-32)25(34)18-9-11-19(28)12-10-18/h5-12,17,24H,4,13-16H2,1-3H3,(H,30,36)/t17-,24+/m0/s1. The first-order valence-corrected chi connectivity index (χ1v) is 12.2. The Morgan fingerprint density at radius 2 is 1.78 bits per heavy atom. The molecule has 3 amide bonds. The van der Waals surface area contributed by atoms with Crippen molar-refractivity contribution in [3.63, 3.8) is 0 Å². The molecule has 0 saturated carbocycles. The normalized spacial score (nSPS) is 20.6. The zero-order chi connectivity index (χ0) is 26.7. The highest BCUT2D eigenvalue weighted by Gasteiger charge is 2.39. The maximum atomic E-state index is 14.7. The molecule has 2 aliphatic rings. The van der Waals surface area contributed by atoms with Gasteiger partial charge in [-0.2, -0.15) is 0 Å². The maximum absolute atomic E-state index is 14.7. The van der Waals surface area contributed by atoms with E-state index in [1.54, 1.807) is 31.0 Å². The van der Waals surface area contributed by atoms with Crippen LogP contribution in [0.3, 0.4) is 0 Å². The summed E-state index contributed by atoms with van der Waals surface area (Å²) in [4.78, 5) is 44.1. The van der Waals surface area contributed by atoms with Crippen LogP contribution >= 0.6 is 0 Å². The number of likely N-dealkylation sites (N-methyl/N-ethyl adjacent to an activating group) is 1. The highest BCUT2D eigenvalue weighted by molar-refractivity contribution is 5.95. The molecule has 1 fully saturated rings. The van der Waals surface area contributed by atoms with Gasteiger partial charge in [0.2, 0.25) is 0 Å². The third-order valence-corrected chi connectivity index (χ3v) is 6.73. The lowest BCUT2D eigenvalue weighted by atomic mass is 9.93. The number of carbonyl (C=O) groups is 3. The van der Waals surface area contributed by atoms with Gasteiger partial charge in [0.05, 0.1) is 18.2 Å². The number of hydrogen-bond acceptors (Lipinski definition) is 5. The molecule has 196 valence electrons. The summed E-state index contributed by atoms with van der Waals surface area (Å²) >= 11 is 0. The number of halogens is 2. The summed E-state index contributed by atoms with van der Waals surface area (Å²) in [5.74, 6) is -1.77. The van der Waals surface area contributed by atoms with E-state index in [1.165, 1.54) is 41.3 Å². The van der Waals surface area contributed by atoms with Gasteiger partial charge in [0.1, 0.15) is 11.6 Å². The molecule has 4 rings (SSSR count). The zero-order valence-corrected chi connectivity index (χ0v) is 21.0. The molecule has 37 heavy (non-hydrogen) atoms. The van der Waals surface area contributed by atoms with Crippen LogP contribution in [0.2, 0.25) is 0 Å². The first-order valence-electron chi connectivity index (χ1n) is 12.2. The van der Waals surface area contributed by atoms with Crippen molar-refractivity contribution in [1.29, 1.82) is 0 Å². The molecule has 2 atom stereocenters. The summed E-state index contributed by atoms with van der Waals surface area (Å²) in [6.45, 7) is 5.31. The van der Waals surface area contributed by atoms with Crippen molar-refractivity contribution in [2.24, 2.45) is 0 Å². The smallest absolute Gasteiger partial charge is 0.338 e. The average molecular weight is 513 g/mol. The summed E-state index contributed by atoms with van der Waals surface area (Å²) in [5.41, 5.74) is 1.17. The summed E-state index contributed by atoms with van der Waals surface area (Å²) in [6.07, 6.45) is 0. The minimum absolute atomic E-state index is 0.123. The first kappa shape index (κ1) is 26.3. The monoisotopic (exact) mass is 512 g/mol. The van der Waals surface area contributed by atoms with Crippen LogP contribution in [0.4, 0.5) is 13.6 Å². The van der Waals surface area contributed by atoms with Crippen LogP contribution < -0.4 is 5.32 Å². The van der Waals surface area contributed by atoms with Crippen LogP contribution in [0.5, 0.6) is 0 Å². The number of urea groups is 1. The molecule has 2 aromatic carbocycles. The van der Waals surface area contributed by atoms with E-state index in [1.807, 2.05) is 11.8 Å². The lowest BCUT2D eigenvalue weighted by Crippen LogP contribution is -2.56. The number of piperazine rings is 1. The zero-order valence-electron chi connectivity index (χ0n) is 21.0. The van der Waals surface area contributed by atoms with Crippen LogP contribution in [0.1, 0.15) is 35.8 Å². The van der Waals surface area contributed by atoms with Crippen molar-refractivity contribution in [2.75, 3.05) is 39.8 Å². The predicted molar refractivity (Wildman–Crippen MR) is 132 cm³/mol. The number of carbonyl (C=O) groups excluding carboxylic acids is 3. The molecule has 10 heteroatoms. The molecule has 8 nitrogen and oxygen atoms in total. The molecular weight excluding hydrogens is 482 g/mol. The minimum Gasteiger partial charge on any atom is -0.463 e. The fourth-order valence-electron chi connectivity index (χ4n) is 4.79. The Balaban J connectivity index is 1.60. The predicted octanol–water partition coefficient (Wildman–Crippen LogP) is 3.32. The molecule has 1 saturated heterocycles. The van der Waals surface area contributed by atoms with Gasteiger partial charge in [-0.3, -0.25) is 14.6 Å². The molecule has 2 heterocycles. The van der Waals surface area contributed by atoms with E-state index in [4.69, 9.17) is 4.74 Å². The Labute approximate surface area is 214 Å². The number of hydrogen-bond donors (Lipinski definition) is 1. The number of nitrogens with one attached hydrogen (secondary N) is 1. The Morgan fingerprint density at radius 3 is 2.43 bits per heavy atom. The topological polar surface area (TPSA) is 82.2 Å². The van der Waals surface area contributed by atoms with Crippen LogP contribution in [0.25, 0.3) is 0 Å². The number of amides is 3. The van der Waals surface area contributed by atoms with Crippen LogP contribution in [-0.2, 0) is 9.53 Å². The van der Waals surface area contributed by atoms with Gasteiger partial charge >= 0.3 is 12.0 Å². The molecule has 0 spiro atoms. The average Bonchev–Trinajstić information content (AvgIpc) is 2.87. The van der Waals surface area contributed by atoms with Gasteiger partial charge in [0.15, 0.2) is 0 Å². The third kappa shape index (κ3) is 5.48. The second-order valence-electron chi connectivity index (χ2n) is 9.13. The highest BCUT2D eigenvalue weighted by Crippen LogP contribution is 2.33. The van der Waals surface area contributed by atoms with Crippen molar-refractivity contribution in [1.82, 2.24) is 20.0 Å². The molecule has 0 radical (unpaired) electrons. The molecule has 0 aliphatic carbocycles. The quantitative estimate of drug-likeness (QED) is 0.601. The summed E-state index contributed by atoms with van der Waals surface area (Å²) in [7, 11) is 1.55. The van der Waals surface area contributed by atoms with E-state index in [0.717, 1.165) is 0 Å². The Kier molecular flexibility index (Phi) is 7.87. The highest BCUT2D eigenvalue weighted by atomic mass is 19.1. The van der Waals surface area contributed by atoms with Gasteiger partial charge in [0, 0.05) is 56.1 Å². The molecule has 1 N–H and O–H groups in total. The molecule has 0 unspecified atom stereocenters. The van der Waals surface area contributed by atoms with Gasteiger partial charge in [-0.05, 0) is 44.2 Å². The fourth-order valence-corrected chi connectivity index (χ4v) is 4.79. The molecule has 2 aliphatic heterocycles. The summed E-state index contributed by atoms with van der Waals surface area (Å²) in [5, 5.41) is 2.72. The SMILES string of the molecule is CCOC(=O)C1=C(CN2CCN(C(=O)c3ccc(F)cc3)[C@@H](C)C2)N(C)C(=O)N[C@@H]1c1ccccc1F.